The average molecular weight is 265 g/mol. The third-order valence-electron chi connectivity index (χ3n) is 3.15. The molecule has 1 aromatic heterocycles. The number of nitrogens with two attached hydrogens (primary N) is 2. The molecule has 1 aliphatic rings. The van der Waals surface area contributed by atoms with Crippen molar-refractivity contribution in [3.8, 4) is 0 Å². The van der Waals surface area contributed by atoms with Crippen LogP contribution in [0.5, 0.6) is 0 Å². The van der Waals surface area contributed by atoms with Crippen molar-refractivity contribution < 1.29 is 0 Å². The molecule has 0 radical (unpaired) electrons. The van der Waals surface area contributed by atoms with Crippen LogP contribution in [-0.4, -0.2) is 16.9 Å². The lowest BCUT2D eigenvalue weighted by Crippen LogP contribution is -2.18. The van der Waals surface area contributed by atoms with Gasteiger partial charge in [-0.15, -0.1) is 0 Å². The molecule has 1 aromatic rings. The van der Waals surface area contributed by atoms with Crippen molar-refractivity contribution in [3.05, 3.63) is 35.2 Å². The fourth-order valence-corrected chi connectivity index (χ4v) is 2.43. The van der Waals surface area contributed by atoms with Crippen LogP contribution in [0.25, 0.3) is 5.57 Å². The van der Waals surface area contributed by atoms with Crippen molar-refractivity contribution >= 4 is 23.0 Å². The molecule has 18 heavy (non-hydrogen) atoms. The van der Waals surface area contributed by atoms with Crippen molar-refractivity contribution in [2.24, 2.45) is 16.5 Å². The van der Waals surface area contributed by atoms with E-state index in [1.54, 1.807) is 18.5 Å². The number of aliphatic imine (C=N–C) groups is 1. The van der Waals surface area contributed by atoms with Gasteiger partial charge >= 0.3 is 0 Å². The van der Waals surface area contributed by atoms with Gasteiger partial charge in [-0.25, -0.2) is 0 Å². The monoisotopic (exact) mass is 264 g/mol. The Kier molecular flexibility index (Phi) is 4.20. The number of pyridine rings is 1. The van der Waals surface area contributed by atoms with Crippen molar-refractivity contribution in [1.82, 2.24) is 4.98 Å². The average Bonchev–Trinajstić information content (AvgIpc) is 2.85. The molecule has 0 bridgehead atoms. The minimum Gasteiger partial charge on any atom is -0.404 e. The lowest BCUT2D eigenvalue weighted by atomic mass is 10.1. The molecule has 5 heteroatoms. The van der Waals surface area contributed by atoms with Gasteiger partial charge in [-0.3, -0.25) is 9.98 Å². The Morgan fingerprint density at radius 1 is 1.44 bits per heavy atom. The van der Waals surface area contributed by atoms with Gasteiger partial charge in [0.05, 0.1) is 11.1 Å². The highest BCUT2D eigenvalue weighted by Gasteiger charge is 2.16. The standard InChI is InChI=1S/C13H17ClN4/c14-12-8-17-6-5-10(12)11(7-15)13(16)18-9-3-1-2-4-9/h5-9H,1-4,15H2,(H2,16,18)/b11-7-. The van der Waals surface area contributed by atoms with Crippen molar-refractivity contribution in [2.45, 2.75) is 31.7 Å². The zero-order valence-corrected chi connectivity index (χ0v) is 10.9. The van der Waals surface area contributed by atoms with E-state index in [-0.39, 0.29) is 0 Å². The molecule has 0 amide bonds. The molecule has 0 unspecified atom stereocenters. The zero-order chi connectivity index (χ0) is 13.0. The van der Waals surface area contributed by atoms with Crippen LogP contribution < -0.4 is 11.5 Å². The second-order valence-corrected chi connectivity index (χ2v) is 4.80. The van der Waals surface area contributed by atoms with Crippen LogP contribution in [0.1, 0.15) is 31.2 Å². The maximum absolute atomic E-state index is 6.09. The van der Waals surface area contributed by atoms with Crippen LogP contribution in [0.15, 0.2) is 29.7 Å². The van der Waals surface area contributed by atoms with Crippen molar-refractivity contribution in [3.63, 3.8) is 0 Å². The number of halogens is 1. The summed E-state index contributed by atoms with van der Waals surface area (Å²) in [5.41, 5.74) is 13.1. The number of hydrogen-bond donors (Lipinski definition) is 2. The van der Waals surface area contributed by atoms with Gasteiger partial charge in [0.15, 0.2) is 0 Å². The number of amidine groups is 1. The topological polar surface area (TPSA) is 77.3 Å². The van der Waals surface area contributed by atoms with Gasteiger partial charge < -0.3 is 11.5 Å². The first-order chi connectivity index (χ1) is 8.72. The summed E-state index contributed by atoms with van der Waals surface area (Å²) in [7, 11) is 0. The predicted molar refractivity (Wildman–Crippen MR) is 75.3 cm³/mol. The van der Waals surface area contributed by atoms with Crippen LogP contribution in [-0.2, 0) is 0 Å². The maximum Gasteiger partial charge on any atom is 0.128 e. The summed E-state index contributed by atoms with van der Waals surface area (Å²) in [6.07, 6.45) is 9.33. The molecule has 1 fully saturated rings. The molecule has 0 spiro atoms. The Hall–Kier alpha value is -1.55. The second-order valence-electron chi connectivity index (χ2n) is 4.39. The largest absolute Gasteiger partial charge is 0.404 e. The highest BCUT2D eigenvalue weighted by atomic mass is 35.5. The minimum atomic E-state index is 0.320. The highest BCUT2D eigenvalue weighted by molar-refractivity contribution is 6.35. The Morgan fingerprint density at radius 2 is 2.17 bits per heavy atom. The lowest BCUT2D eigenvalue weighted by molar-refractivity contribution is 0.707. The summed E-state index contributed by atoms with van der Waals surface area (Å²) in [5.74, 6) is 0.456. The Bertz CT molecular complexity index is 476. The Morgan fingerprint density at radius 3 is 2.78 bits per heavy atom. The smallest absolute Gasteiger partial charge is 0.128 e. The van der Waals surface area contributed by atoms with E-state index in [1.165, 1.54) is 19.0 Å². The van der Waals surface area contributed by atoms with E-state index < -0.39 is 0 Å². The second kappa shape index (κ2) is 5.87. The minimum absolute atomic E-state index is 0.320. The van der Waals surface area contributed by atoms with E-state index >= 15 is 0 Å². The zero-order valence-electron chi connectivity index (χ0n) is 10.1. The first-order valence-electron chi connectivity index (χ1n) is 6.08. The van der Waals surface area contributed by atoms with Crippen LogP contribution in [0.3, 0.4) is 0 Å². The van der Waals surface area contributed by atoms with Gasteiger partial charge in [0, 0.05) is 29.7 Å². The summed E-state index contributed by atoms with van der Waals surface area (Å²) in [4.78, 5) is 8.48. The molecule has 0 saturated heterocycles. The normalized spacial score (nSPS) is 18.3. The number of hydrogen-bond acceptors (Lipinski definition) is 3. The van der Waals surface area contributed by atoms with Crippen LogP contribution in [0.2, 0.25) is 5.02 Å². The molecule has 96 valence electrons. The fourth-order valence-electron chi connectivity index (χ4n) is 2.21. The summed E-state index contributed by atoms with van der Waals surface area (Å²) in [6.45, 7) is 0. The van der Waals surface area contributed by atoms with Gasteiger partial charge in [0.1, 0.15) is 5.84 Å². The van der Waals surface area contributed by atoms with Gasteiger partial charge in [-0.1, -0.05) is 24.4 Å². The molecule has 4 nitrogen and oxygen atoms in total. The molecular weight excluding hydrogens is 248 g/mol. The predicted octanol–water partition coefficient (Wildman–Crippen LogP) is 2.33. The lowest BCUT2D eigenvalue weighted by Gasteiger charge is -2.10. The molecule has 0 atom stereocenters. The van der Waals surface area contributed by atoms with E-state index in [0.717, 1.165) is 18.4 Å². The maximum atomic E-state index is 6.09. The van der Waals surface area contributed by atoms with Crippen LogP contribution in [0, 0.1) is 0 Å². The summed E-state index contributed by atoms with van der Waals surface area (Å²) >= 11 is 6.09. The first kappa shape index (κ1) is 12.9. The summed E-state index contributed by atoms with van der Waals surface area (Å²) in [6, 6.07) is 2.11. The third-order valence-corrected chi connectivity index (χ3v) is 3.45. The van der Waals surface area contributed by atoms with E-state index in [2.05, 4.69) is 9.98 Å². The van der Waals surface area contributed by atoms with Gasteiger partial charge in [-0.05, 0) is 18.9 Å². The van der Waals surface area contributed by atoms with Gasteiger partial charge in [0.25, 0.3) is 0 Å². The van der Waals surface area contributed by atoms with Crippen molar-refractivity contribution in [1.29, 1.82) is 0 Å². The van der Waals surface area contributed by atoms with Gasteiger partial charge in [-0.2, -0.15) is 0 Å². The number of aromatic nitrogens is 1. The fraction of sp³-hybridized carbons (Fsp3) is 0.385. The molecular formula is C13H17ClN4. The summed E-state index contributed by atoms with van der Waals surface area (Å²) < 4.78 is 0. The molecule has 4 N–H and O–H groups in total. The highest BCUT2D eigenvalue weighted by Crippen LogP contribution is 2.25. The molecule has 1 saturated carbocycles. The molecule has 0 aromatic carbocycles. The van der Waals surface area contributed by atoms with Crippen LogP contribution >= 0.6 is 11.6 Å². The molecule has 2 rings (SSSR count). The Balaban J connectivity index is 2.26. The van der Waals surface area contributed by atoms with E-state index in [9.17, 15) is 0 Å². The number of rotatable bonds is 3. The first-order valence-corrected chi connectivity index (χ1v) is 6.45. The van der Waals surface area contributed by atoms with E-state index in [4.69, 9.17) is 23.1 Å². The molecule has 0 aliphatic heterocycles. The third kappa shape index (κ3) is 2.82. The van der Waals surface area contributed by atoms with Crippen molar-refractivity contribution in [2.75, 3.05) is 0 Å². The van der Waals surface area contributed by atoms with Crippen LogP contribution in [0.4, 0.5) is 0 Å². The Labute approximate surface area is 112 Å². The van der Waals surface area contributed by atoms with Gasteiger partial charge in [0.2, 0.25) is 0 Å². The quantitative estimate of drug-likeness (QED) is 0.650. The molecule has 1 heterocycles. The molecule has 1 aliphatic carbocycles. The number of nitrogens with zero attached hydrogens (tertiary/aromatic N) is 2. The SMILES string of the molecule is N/C=C(\C(N)=NC1CCCC1)c1ccncc1Cl. The van der Waals surface area contributed by atoms with E-state index in [0.29, 0.717) is 22.5 Å². The summed E-state index contributed by atoms with van der Waals surface area (Å²) in [5, 5.41) is 0.527. The van der Waals surface area contributed by atoms with E-state index in [1.807, 2.05) is 0 Å².